The molecule has 10 heteroatoms. The lowest BCUT2D eigenvalue weighted by Gasteiger charge is -2.22. The van der Waals surface area contributed by atoms with Gasteiger partial charge in [0.15, 0.2) is 4.34 Å². The van der Waals surface area contributed by atoms with Gasteiger partial charge in [0.05, 0.1) is 11.6 Å². The number of anilines is 1. The average molecular weight is 535 g/mol. The van der Waals surface area contributed by atoms with Gasteiger partial charge in [-0.3, -0.25) is 19.5 Å². The van der Waals surface area contributed by atoms with E-state index in [-0.39, 0.29) is 16.5 Å². The van der Waals surface area contributed by atoms with E-state index in [1.54, 1.807) is 36.7 Å². The number of benzene rings is 2. The van der Waals surface area contributed by atoms with Gasteiger partial charge < -0.3 is 5.11 Å². The maximum atomic E-state index is 13.2. The lowest BCUT2D eigenvalue weighted by molar-refractivity contribution is -0.132. The van der Waals surface area contributed by atoms with Crippen LogP contribution in [0.3, 0.4) is 0 Å². The first-order valence-electron chi connectivity index (χ1n) is 10.9. The van der Waals surface area contributed by atoms with E-state index >= 15 is 0 Å². The van der Waals surface area contributed by atoms with Crippen molar-refractivity contribution < 1.29 is 14.7 Å². The van der Waals surface area contributed by atoms with Gasteiger partial charge in [-0.05, 0) is 30.2 Å². The van der Waals surface area contributed by atoms with Crippen molar-refractivity contribution in [1.82, 2.24) is 15.2 Å². The molecule has 0 spiro atoms. The number of aliphatic hydroxyl groups is 1. The van der Waals surface area contributed by atoms with Gasteiger partial charge in [-0.2, -0.15) is 0 Å². The third-order valence-corrected chi connectivity index (χ3v) is 8.15. The van der Waals surface area contributed by atoms with Crippen LogP contribution in [0.15, 0.2) is 83.0 Å². The SMILES string of the molecule is Cc1ccc(C(O)=C2C(=O)C(=O)N(c3nnc(SCc4ccccc4Cl)s3)C2c2cccnc2)cc1. The van der Waals surface area contributed by atoms with Crippen molar-refractivity contribution in [3.8, 4) is 0 Å². The first kappa shape index (κ1) is 24.2. The van der Waals surface area contributed by atoms with E-state index in [4.69, 9.17) is 11.6 Å². The van der Waals surface area contributed by atoms with Crippen LogP contribution >= 0.6 is 34.7 Å². The molecule has 0 radical (unpaired) electrons. The first-order chi connectivity index (χ1) is 17.4. The van der Waals surface area contributed by atoms with Crippen LogP contribution in [0, 0.1) is 6.92 Å². The smallest absolute Gasteiger partial charge is 0.301 e. The third-order valence-electron chi connectivity index (χ3n) is 5.68. The number of aryl methyl sites for hydroxylation is 1. The number of halogens is 1. The summed E-state index contributed by atoms with van der Waals surface area (Å²) in [5, 5.41) is 20.5. The Kier molecular flexibility index (Phi) is 6.86. The van der Waals surface area contributed by atoms with Gasteiger partial charge >= 0.3 is 5.91 Å². The van der Waals surface area contributed by atoms with Gasteiger partial charge in [0, 0.05) is 28.7 Å². The fraction of sp³-hybridized carbons (Fsp3) is 0.115. The fourth-order valence-electron chi connectivity index (χ4n) is 3.86. The van der Waals surface area contributed by atoms with Crippen molar-refractivity contribution >= 4 is 57.3 Å². The van der Waals surface area contributed by atoms with Gasteiger partial charge in [-0.1, -0.05) is 88.8 Å². The van der Waals surface area contributed by atoms with Crippen LogP contribution in [0.4, 0.5) is 5.13 Å². The van der Waals surface area contributed by atoms with Gasteiger partial charge in [0.25, 0.3) is 5.78 Å². The highest BCUT2D eigenvalue weighted by molar-refractivity contribution is 8.00. The maximum absolute atomic E-state index is 13.2. The molecule has 1 saturated heterocycles. The van der Waals surface area contributed by atoms with E-state index in [0.717, 1.165) is 11.1 Å². The molecular weight excluding hydrogens is 516 g/mol. The number of pyridine rings is 1. The van der Waals surface area contributed by atoms with Crippen LogP contribution < -0.4 is 4.90 Å². The summed E-state index contributed by atoms with van der Waals surface area (Å²) in [7, 11) is 0. The number of amides is 1. The molecule has 1 aliphatic heterocycles. The number of ketones is 1. The Morgan fingerprint density at radius 3 is 2.58 bits per heavy atom. The lowest BCUT2D eigenvalue weighted by Crippen LogP contribution is -2.29. The Morgan fingerprint density at radius 1 is 1.08 bits per heavy atom. The fourth-order valence-corrected chi connectivity index (χ4v) is 6.02. The molecule has 0 bridgehead atoms. The second-order valence-electron chi connectivity index (χ2n) is 8.05. The molecular formula is C26H19ClN4O3S2. The highest BCUT2D eigenvalue weighted by Gasteiger charge is 2.48. The molecule has 7 nitrogen and oxygen atoms in total. The molecule has 4 aromatic rings. The predicted octanol–water partition coefficient (Wildman–Crippen LogP) is 5.81. The summed E-state index contributed by atoms with van der Waals surface area (Å²) < 4.78 is 0.621. The van der Waals surface area contributed by atoms with Crippen LogP contribution in [0.2, 0.25) is 5.02 Å². The first-order valence-corrected chi connectivity index (χ1v) is 13.1. The molecule has 1 amide bonds. The third kappa shape index (κ3) is 4.65. The van der Waals surface area contributed by atoms with Gasteiger partial charge in [-0.15, -0.1) is 10.2 Å². The number of nitrogens with zero attached hydrogens (tertiary/aromatic N) is 4. The molecule has 3 heterocycles. The molecule has 180 valence electrons. The largest absolute Gasteiger partial charge is 0.507 e. The van der Waals surface area contributed by atoms with Crippen molar-refractivity contribution in [3.63, 3.8) is 0 Å². The normalized spacial score (nSPS) is 17.1. The van der Waals surface area contributed by atoms with Gasteiger partial charge in [0.1, 0.15) is 5.76 Å². The monoisotopic (exact) mass is 534 g/mol. The molecule has 36 heavy (non-hydrogen) atoms. The summed E-state index contributed by atoms with van der Waals surface area (Å²) in [5.74, 6) is -1.24. The highest BCUT2D eigenvalue weighted by atomic mass is 35.5. The lowest BCUT2D eigenvalue weighted by atomic mass is 9.96. The van der Waals surface area contributed by atoms with Crippen molar-refractivity contribution in [2.75, 3.05) is 4.90 Å². The highest BCUT2D eigenvalue weighted by Crippen LogP contribution is 2.44. The minimum atomic E-state index is -0.894. The molecule has 5 rings (SSSR count). The number of thioether (sulfide) groups is 1. The topological polar surface area (TPSA) is 96.3 Å². The van der Waals surface area contributed by atoms with Crippen LogP contribution in [0.5, 0.6) is 0 Å². The van der Waals surface area contributed by atoms with E-state index in [1.807, 2.05) is 43.3 Å². The van der Waals surface area contributed by atoms with Crippen LogP contribution in [0.1, 0.15) is 28.3 Å². The van der Waals surface area contributed by atoms with Crippen LogP contribution in [-0.2, 0) is 15.3 Å². The summed E-state index contributed by atoms with van der Waals surface area (Å²) in [6, 6.07) is 17.2. The van der Waals surface area contributed by atoms with Crippen molar-refractivity contribution in [3.05, 3.63) is 106 Å². The maximum Gasteiger partial charge on any atom is 0.301 e. The molecule has 1 N–H and O–H groups in total. The summed E-state index contributed by atoms with van der Waals surface area (Å²) in [4.78, 5) is 31.9. The summed E-state index contributed by atoms with van der Waals surface area (Å²) in [6.07, 6.45) is 3.17. The average Bonchev–Trinajstić information content (AvgIpc) is 3.46. The molecule has 1 aliphatic rings. The number of rotatable bonds is 6. The number of hydrogen-bond acceptors (Lipinski definition) is 8. The number of aliphatic hydroxyl groups excluding tert-OH is 1. The second-order valence-corrected chi connectivity index (χ2v) is 10.6. The summed E-state index contributed by atoms with van der Waals surface area (Å²) in [5.41, 5.74) is 2.96. The Morgan fingerprint density at radius 2 is 1.86 bits per heavy atom. The van der Waals surface area contributed by atoms with E-state index in [2.05, 4.69) is 15.2 Å². The molecule has 2 aromatic carbocycles. The number of Topliss-reactive ketones (excluding diaryl/α,β-unsaturated/α-hetero) is 1. The Labute approximate surface area is 220 Å². The second kappa shape index (κ2) is 10.2. The molecule has 0 aliphatic carbocycles. The molecule has 1 fully saturated rings. The Hall–Kier alpha value is -3.53. The van der Waals surface area contributed by atoms with E-state index < -0.39 is 17.7 Å². The van der Waals surface area contributed by atoms with Crippen LogP contribution in [0.25, 0.3) is 5.76 Å². The minimum Gasteiger partial charge on any atom is -0.507 e. The summed E-state index contributed by atoms with van der Waals surface area (Å²) in [6.45, 7) is 1.93. The van der Waals surface area contributed by atoms with Gasteiger partial charge in [-0.25, -0.2) is 0 Å². The number of aromatic nitrogens is 3. The van der Waals surface area contributed by atoms with E-state index in [1.165, 1.54) is 28.0 Å². The molecule has 1 atom stereocenters. The summed E-state index contributed by atoms with van der Waals surface area (Å²) >= 11 is 8.89. The predicted molar refractivity (Wildman–Crippen MR) is 141 cm³/mol. The Balaban J connectivity index is 1.53. The van der Waals surface area contributed by atoms with E-state index in [0.29, 0.717) is 26.2 Å². The molecule has 2 aromatic heterocycles. The number of carbonyl (C=O) groups excluding carboxylic acids is 2. The number of hydrogen-bond donors (Lipinski definition) is 1. The Bertz CT molecular complexity index is 1470. The standard InChI is InChI=1S/C26H19ClN4O3S2/c1-15-8-10-16(11-9-15)22(32)20-21(17-6-4-12-28-13-17)31(24(34)23(20)33)25-29-30-26(36-25)35-14-18-5-2-3-7-19(18)27/h2-13,21,32H,14H2,1H3. The van der Waals surface area contributed by atoms with E-state index in [9.17, 15) is 14.7 Å². The number of carbonyl (C=O) groups is 2. The van der Waals surface area contributed by atoms with Crippen molar-refractivity contribution in [2.24, 2.45) is 0 Å². The zero-order valence-electron chi connectivity index (χ0n) is 19.0. The quantitative estimate of drug-likeness (QED) is 0.109. The van der Waals surface area contributed by atoms with Crippen LogP contribution in [-0.4, -0.2) is 32.0 Å². The minimum absolute atomic E-state index is 0.0164. The molecule has 0 saturated carbocycles. The van der Waals surface area contributed by atoms with Crippen molar-refractivity contribution in [2.45, 2.75) is 23.1 Å². The van der Waals surface area contributed by atoms with Crippen molar-refractivity contribution in [1.29, 1.82) is 0 Å². The molecule has 1 unspecified atom stereocenters. The zero-order valence-corrected chi connectivity index (χ0v) is 21.3. The zero-order chi connectivity index (χ0) is 25.2. The van der Waals surface area contributed by atoms with Gasteiger partial charge in [0.2, 0.25) is 5.13 Å².